The van der Waals surface area contributed by atoms with E-state index in [-0.39, 0.29) is 0 Å². The first-order chi connectivity index (χ1) is 11.9. The van der Waals surface area contributed by atoms with E-state index < -0.39 is 0 Å². The van der Waals surface area contributed by atoms with Gasteiger partial charge < -0.3 is 9.73 Å². The number of fused-ring (bicyclic) bond motifs is 2. The molecule has 0 bridgehead atoms. The van der Waals surface area contributed by atoms with E-state index in [9.17, 15) is 0 Å². The highest BCUT2D eigenvalue weighted by Crippen LogP contribution is 2.26. The number of imidazole rings is 1. The lowest BCUT2D eigenvalue weighted by molar-refractivity contribution is 0.577. The quantitative estimate of drug-likeness (QED) is 0.531. The van der Waals surface area contributed by atoms with E-state index in [0.29, 0.717) is 22.9 Å². The Balaban J connectivity index is 1.67. The second kappa shape index (κ2) is 4.92. The van der Waals surface area contributed by atoms with Crippen LogP contribution in [0.25, 0.3) is 28.3 Å². The van der Waals surface area contributed by atoms with Crippen LogP contribution in [0, 0.1) is 0 Å². The van der Waals surface area contributed by atoms with Crippen molar-refractivity contribution in [3.05, 3.63) is 55.2 Å². The number of furan rings is 1. The van der Waals surface area contributed by atoms with Crippen LogP contribution in [0.2, 0.25) is 0 Å². The molecular formula is C16H11N7O. The molecule has 0 saturated heterocycles. The van der Waals surface area contributed by atoms with Crippen molar-refractivity contribution in [2.75, 3.05) is 5.32 Å². The van der Waals surface area contributed by atoms with Crippen LogP contribution in [0.3, 0.4) is 0 Å². The maximum absolute atomic E-state index is 5.40. The fourth-order valence-electron chi connectivity index (χ4n) is 2.59. The number of hydrogen-bond donors (Lipinski definition) is 2. The Bertz CT molecular complexity index is 1140. The Hall–Kier alpha value is -3.68. The number of nitrogens with one attached hydrogen (secondary N) is 2. The molecule has 0 unspecified atom stereocenters. The lowest BCUT2D eigenvalue weighted by atomic mass is 10.3. The second-order valence-electron chi connectivity index (χ2n) is 5.20. The minimum Gasteiger partial charge on any atom is -0.461 e. The summed E-state index contributed by atoms with van der Waals surface area (Å²) in [6.45, 7) is 0. The summed E-state index contributed by atoms with van der Waals surface area (Å²) in [5.41, 5.74) is 2.27. The summed E-state index contributed by atoms with van der Waals surface area (Å²) in [4.78, 5) is 13.4. The normalized spacial score (nSPS) is 11.3. The minimum absolute atomic E-state index is 0.491. The van der Waals surface area contributed by atoms with Crippen LogP contribution < -0.4 is 5.32 Å². The zero-order valence-electron chi connectivity index (χ0n) is 12.3. The Morgan fingerprint density at radius 3 is 3.00 bits per heavy atom. The zero-order valence-corrected chi connectivity index (χ0v) is 12.3. The van der Waals surface area contributed by atoms with Gasteiger partial charge in [-0.25, -0.2) is 15.0 Å². The van der Waals surface area contributed by atoms with Crippen LogP contribution in [-0.2, 0) is 0 Å². The molecule has 24 heavy (non-hydrogen) atoms. The van der Waals surface area contributed by atoms with Gasteiger partial charge in [-0.2, -0.15) is 5.10 Å². The van der Waals surface area contributed by atoms with Gasteiger partial charge in [-0.1, -0.05) is 6.07 Å². The smallest absolute Gasteiger partial charge is 0.198 e. The molecule has 8 heteroatoms. The SMILES string of the molecule is c1coc(-c2nc(Nc3cnc4ccccn34)c3[nH]ncc3n2)c1. The van der Waals surface area contributed by atoms with Gasteiger partial charge in [0, 0.05) is 6.20 Å². The number of hydrogen-bond acceptors (Lipinski definition) is 6. The van der Waals surface area contributed by atoms with E-state index in [1.165, 1.54) is 0 Å². The molecule has 5 aromatic heterocycles. The van der Waals surface area contributed by atoms with Crippen molar-refractivity contribution in [3.63, 3.8) is 0 Å². The van der Waals surface area contributed by atoms with Crippen molar-refractivity contribution >= 4 is 28.3 Å². The van der Waals surface area contributed by atoms with Crippen LogP contribution in [0.1, 0.15) is 0 Å². The highest BCUT2D eigenvalue weighted by atomic mass is 16.3. The first kappa shape index (κ1) is 12.8. The molecule has 0 saturated carbocycles. The van der Waals surface area contributed by atoms with Crippen LogP contribution in [0.15, 0.2) is 59.6 Å². The van der Waals surface area contributed by atoms with Gasteiger partial charge >= 0.3 is 0 Å². The summed E-state index contributed by atoms with van der Waals surface area (Å²) in [6, 6.07) is 9.44. The Kier molecular flexibility index (Phi) is 2.63. The fourth-order valence-corrected chi connectivity index (χ4v) is 2.59. The van der Waals surface area contributed by atoms with Crippen molar-refractivity contribution in [1.29, 1.82) is 0 Å². The molecule has 8 nitrogen and oxygen atoms in total. The molecule has 0 atom stereocenters. The maximum Gasteiger partial charge on any atom is 0.198 e. The third-order valence-electron chi connectivity index (χ3n) is 3.71. The monoisotopic (exact) mass is 317 g/mol. The molecule has 0 aliphatic rings. The lowest BCUT2D eigenvalue weighted by Crippen LogP contribution is -2.00. The van der Waals surface area contributed by atoms with Gasteiger partial charge in [0.25, 0.3) is 0 Å². The van der Waals surface area contributed by atoms with Gasteiger partial charge in [0.2, 0.25) is 0 Å². The Morgan fingerprint density at radius 1 is 1.08 bits per heavy atom. The lowest BCUT2D eigenvalue weighted by Gasteiger charge is -2.07. The van der Waals surface area contributed by atoms with Crippen LogP contribution in [0.4, 0.5) is 11.6 Å². The fraction of sp³-hybridized carbons (Fsp3) is 0. The molecule has 0 radical (unpaired) electrons. The van der Waals surface area contributed by atoms with Crippen molar-refractivity contribution in [2.45, 2.75) is 0 Å². The Labute approximate surface area is 135 Å². The first-order valence-corrected chi connectivity index (χ1v) is 7.32. The van der Waals surface area contributed by atoms with Gasteiger partial charge in [-0.15, -0.1) is 0 Å². The summed E-state index contributed by atoms with van der Waals surface area (Å²) < 4.78 is 7.35. The van der Waals surface area contributed by atoms with Crippen LogP contribution in [-0.4, -0.2) is 29.5 Å². The van der Waals surface area contributed by atoms with E-state index in [1.807, 2.05) is 34.9 Å². The topological polar surface area (TPSA) is 96.9 Å². The standard InChI is InChI=1S/C16H11N7O/c1-2-6-23-12(5-1)17-9-13(23)20-16-14-10(8-18-22-14)19-15(21-16)11-4-3-7-24-11/h1-9H,(H,18,22)(H,19,20,21). The summed E-state index contributed by atoms with van der Waals surface area (Å²) >= 11 is 0. The molecule has 0 amide bonds. The molecule has 5 heterocycles. The predicted octanol–water partition coefficient (Wildman–Crippen LogP) is 3.00. The highest BCUT2D eigenvalue weighted by Gasteiger charge is 2.14. The molecule has 2 N–H and O–H groups in total. The van der Waals surface area contributed by atoms with E-state index >= 15 is 0 Å². The number of nitrogens with zero attached hydrogens (tertiary/aromatic N) is 5. The number of aromatic nitrogens is 6. The van der Waals surface area contributed by atoms with E-state index in [0.717, 1.165) is 17.0 Å². The summed E-state index contributed by atoms with van der Waals surface area (Å²) in [5, 5.41) is 10.3. The third kappa shape index (κ3) is 1.93. The number of anilines is 2. The molecule has 0 fully saturated rings. The van der Waals surface area contributed by atoms with E-state index in [4.69, 9.17) is 4.42 Å². The zero-order chi connectivity index (χ0) is 15.9. The molecular weight excluding hydrogens is 306 g/mol. The van der Waals surface area contributed by atoms with Gasteiger partial charge in [-0.05, 0) is 24.3 Å². The van der Waals surface area contributed by atoms with Gasteiger partial charge in [0.05, 0.1) is 18.7 Å². The van der Waals surface area contributed by atoms with Crippen LogP contribution >= 0.6 is 0 Å². The largest absolute Gasteiger partial charge is 0.461 e. The van der Waals surface area contributed by atoms with Crippen molar-refractivity contribution in [2.24, 2.45) is 0 Å². The number of H-pyrrole nitrogens is 1. The van der Waals surface area contributed by atoms with Gasteiger partial charge in [0.1, 0.15) is 22.5 Å². The molecule has 0 aliphatic heterocycles. The van der Waals surface area contributed by atoms with Crippen molar-refractivity contribution < 1.29 is 4.42 Å². The summed E-state index contributed by atoms with van der Waals surface area (Å²) in [7, 11) is 0. The van der Waals surface area contributed by atoms with Crippen molar-refractivity contribution in [1.82, 2.24) is 29.5 Å². The number of aromatic amines is 1. The molecule has 0 spiro atoms. The summed E-state index contributed by atoms with van der Waals surface area (Å²) in [5.74, 6) is 2.49. The summed E-state index contributed by atoms with van der Waals surface area (Å²) in [6.07, 6.45) is 6.94. The van der Waals surface area contributed by atoms with Gasteiger partial charge in [-0.3, -0.25) is 9.50 Å². The average molecular weight is 317 g/mol. The Morgan fingerprint density at radius 2 is 2.08 bits per heavy atom. The van der Waals surface area contributed by atoms with Crippen LogP contribution in [0.5, 0.6) is 0 Å². The van der Waals surface area contributed by atoms with Crippen molar-refractivity contribution in [3.8, 4) is 11.6 Å². The molecule has 0 aliphatic carbocycles. The third-order valence-corrected chi connectivity index (χ3v) is 3.71. The average Bonchev–Trinajstić information content (AvgIpc) is 3.35. The first-order valence-electron chi connectivity index (χ1n) is 7.32. The predicted molar refractivity (Wildman–Crippen MR) is 87.9 cm³/mol. The molecule has 116 valence electrons. The molecule has 5 rings (SSSR count). The minimum atomic E-state index is 0.491. The second-order valence-corrected chi connectivity index (χ2v) is 5.20. The van der Waals surface area contributed by atoms with E-state index in [1.54, 1.807) is 24.7 Å². The maximum atomic E-state index is 5.40. The number of pyridine rings is 1. The molecule has 0 aromatic carbocycles. The van der Waals surface area contributed by atoms with Gasteiger partial charge in [0.15, 0.2) is 17.4 Å². The number of rotatable bonds is 3. The highest BCUT2D eigenvalue weighted by molar-refractivity contribution is 5.88. The molecule has 5 aromatic rings. The van der Waals surface area contributed by atoms with E-state index in [2.05, 4.69) is 30.5 Å².